The average molecular weight is 258 g/mol. The molecule has 100 valence electrons. The van der Waals surface area contributed by atoms with Crippen LogP contribution in [0, 0.1) is 0 Å². The Balaban J connectivity index is 2.22. The highest BCUT2D eigenvalue weighted by atomic mass is 16.5. The van der Waals surface area contributed by atoms with Gasteiger partial charge in [-0.15, -0.1) is 0 Å². The Kier molecular flexibility index (Phi) is 4.75. The van der Waals surface area contributed by atoms with Gasteiger partial charge >= 0.3 is 0 Å². The van der Waals surface area contributed by atoms with Crippen LogP contribution < -0.4 is 15.2 Å². The van der Waals surface area contributed by atoms with Crippen molar-refractivity contribution in [3.63, 3.8) is 0 Å². The molecule has 4 heteroatoms. The van der Waals surface area contributed by atoms with E-state index in [-0.39, 0.29) is 0 Å². The van der Waals surface area contributed by atoms with Crippen LogP contribution >= 0.6 is 0 Å². The van der Waals surface area contributed by atoms with Crippen LogP contribution in [-0.2, 0) is 6.54 Å². The molecule has 4 nitrogen and oxygen atoms in total. The number of nitrogens with two attached hydrogens (primary N) is 1. The molecule has 1 heterocycles. The van der Waals surface area contributed by atoms with Crippen molar-refractivity contribution in [2.45, 2.75) is 19.9 Å². The van der Waals surface area contributed by atoms with Crippen molar-refractivity contribution in [1.82, 2.24) is 4.98 Å². The molecule has 0 bridgehead atoms. The third-order valence-electron chi connectivity index (χ3n) is 2.61. The molecular weight excluding hydrogens is 240 g/mol. The maximum Gasteiger partial charge on any atom is 0.169 e. The summed E-state index contributed by atoms with van der Waals surface area (Å²) in [4.78, 5) is 4.04. The minimum absolute atomic E-state index is 0.390. The van der Waals surface area contributed by atoms with Crippen molar-refractivity contribution < 1.29 is 9.47 Å². The minimum atomic E-state index is 0.390. The lowest BCUT2D eigenvalue weighted by Crippen LogP contribution is -2.01. The van der Waals surface area contributed by atoms with E-state index < -0.39 is 0 Å². The van der Waals surface area contributed by atoms with Gasteiger partial charge in [0.2, 0.25) is 0 Å². The van der Waals surface area contributed by atoms with Gasteiger partial charge < -0.3 is 15.2 Å². The van der Waals surface area contributed by atoms with Crippen LogP contribution in [-0.4, -0.2) is 11.6 Å². The molecule has 0 aliphatic carbocycles. The molecule has 1 aromatic carbocycles. The van der Waals surface area contributed by atoms with Crippen molar-refractivity contribution in [3.05, 3.63) is 48.3 Å². The number of rotatable bonds is 6. The fourth-order valence-electron chi connectivity index (χ4n) is 1.65. The summed E-state index contributed by atoms with van der Waals surface area (Å²) in [5, 5.41) is 0. The molecule has 2 rings (SSSR count). The molecule has 0 radical (unpaired) electrons. The molecule has 0 spiro atoms. The molecule has 0 unspecified atom stereocenters. The zero-order valence-electron chi connectivity index (χ0n) is 11.0. The lowest BCUT2D eigenvalue weighted by Gasteiger charge is -2.13. The van der Waals surface area contributed by atoms with E-state index in [2.05, 4.69) is 11.9 Å². The van der Waals surface area contributed by atoms with Gasteiger partial charge in [-0.05, 0) is 24.6 Å². The van der Waals surface area contributed by atoms with E-state index in [0.29, 0.717) is 24.7 Å². The van der Waals surface area contributed by atoms with Gasteiger partial charge in [-0.25, -0.2) is 0 Å². The van der Waals surface area contributed by atoms with E-state index in [9.17, 15) is 0 Å². The summed E-state index contributed by atoms with van der Waals surface area (Å²) in [7, 11) is 0. The first-order chi connectivity index (χ1) is 9.35. The minimum Gasteiger partial charge on any atom is -0.490 e. The Bertz CT molecular complexity index is 529. The third kappa shape index (κ3) is 3.45. The Hall–Kier alpha value is -2.07. The summed E-state index contributed by atoms with van der Waals surface area (Å²) in [6.07, 6.45) is 4.35. The van der Waals surface area contributed by atoms with Crippen molar-refractivity contribution >= 4 is 0 Å². The molecule has 0 aliphatic rings. The van der Waals surface area contributed by atoms with Gasteiger partial charge in [0.25, 0.3) is 0 Å². The van der Waals surface area contributed by atoms with E-state index >= 15 is 0 Å². The number of ether oxygens (including phenoxy) is 2. The molecule has 0 saturated heterocycles. The second-order valence-corrected chi connectivity index (χ2v) is 4.08. The zero-order valence-corrected chi connectivity index (χ0v) is 11.0. The quantitative estimate of drug-likeness (QED) is 0.864. The molecule has 0 amide bonds. The standard InChI is InChI=1S/C15H18N2O2/c1-2-9-18-14-5-3-4-6-15(14)19-13-7-8-17-11-12(13)10-16/h3-8,11H,2,9-10,16H2,1H3. The van der Waals surface area contributed by atoms with Gasteiger partial charge in [0, 0.05) is 24.5 Å². The van der Waals surface area contributed by atoms with E-state index in [1.165, 1.54) is 0 Å². The fourth-order valence-corrected chi connectivity index (χ4v) is 1.65. The number of pyridine rings is 1. The first-order valence-electron chi connectivity index (χ1n) is 6.37. The second kappa shape index (κ2) is 6.75. The highest BCUT2D eigenvalue weighted by molar-refractivity contribution is 5.44. The monoisotopic (exact) mass is 258 g/mol. The number of hydrogen-bond donors (Lipinski definition) is 1. The summed E-state index contributed by atoms with van der Waals surface area (Å²) < 4.78 is 11.5. The van der Waals surface area contributed by atoms with Crippen LogP contribution in [0.3, 0.4) is 0 Å². The summed E-state index contributed by atoms with van der Waals surface area (Å²) in [5.41, 5.74) is 6.54. The first kappa shape index (κ1) is 13.4. The summed E-state index contributed by atoms with van der Waals surface area (Å²) in [6.45, 7) is 3.13. The number of aromatic nitrogens is 1. The van der Waals surface area contributed by atoms with Gasteiger partial charge in [0.05, 0.1) is 6.61 Å². The largest absolute Gasteiger partial charge is 0.490 e. The molecule has 0 fully saturated rings. The van der Waals surface area contributed by atoms with Crippen LogP contribution in [0.1, 0.15) is 18.9 Å². The third-order valence-corrected chi connectivity index (χ3v) is 2.61. The highest BCUT2D eigenvalue weighted by Gasteiger charge is 2.08. The fraction of sp³-hybridized carbons (Fsp3) is 0.267. The lowest BCUT2D eigenvalue weighted by molar-refractivity contribution is 0.302. The Labute approximate surface area is 113 Å². The Morgan fingerprint density at radius 2 is 1.89 bits per heavy atom. The topological polar surface area (TPSA) is 57.4 Å². The average Bonchev–Trinajstić information content (AvgIpc) is 2.47. The summed E-state index contributed by atoms with van der Waals surface area (Å²) >= 11 is 0. The van der Waals surface area contributed by atoms with Gasteiger partial charge in [-0.2, -0.15) is 0 Å². The normalized spacial score (nSPS) is 10.2. The Morgan fingerprint density at radius 1 is 1.11 bits per heavy atom. The SMILES string of the molecule is CCCOc1ccccc1Oc1ccncc1CN. The van der Waals surface area contributed by atoms with Gasteiger partial charge in [-0.1, -0.05) is 19.1 Å². The van der Waals surface area contributed by atoms with E-state index in [0.717, 1.165) is 17.7 Å². The number of para-hydroxylation sites is 2. The van der Waals surface area contributed by atoms with Gasteiger partial charge in [0.1, 0.15) is 5.75 Å². The van der Waals surface area contributed by atoms with Crippen molar-refractivity contribution in [1.29, 1.82) is 0 Å². The first-order valence-corrected chi connectivity index (χ1v) is 6.37. The molecule has 0 aliphatic heterocycles. The maximum absolute atomic E-state index is 5.88. The van der Waals surface area contributed by atoms with E-state index in [1.54, 1.807) is 18.5 Å². The summed E-state index contributed by atoms with van der Waals surface area (Å²) in [6, 6.07) is 9.42. The van der Waals surface area contributed by atoms with Crippen LogP contribution in [0.4, 0.5) is 0 Å². The second-order valence-electron chi connectivity index (χ2n) is 4.08. The molecule has 2 N–H and O–H groups in total. The van der Waals surface area contributed by atoms with Crippen molar-refractivity contribution in [2.75, 3.05) is 6.61 Å². The smallest absolute Gasteiger partial charge is 0.169 e. The molecule has 2 aromatic rings. The number of benzene rings is 1. The Morgan fingerprint density at radius 3 is 2.63 bits per heavy atom. The highest BCUT2D eigenvalue weighted by Crippen LogP contribution is 2.32. The van der Waals surface area contributed by atoms with E-state index in [4.69, 9.17) is 15.2 Å². The van der Waals surface area contributed by atoms with Crippen LogP contribution in [0.2, 0.25) is 0 Å². The maximum atomic E-state index is 5.88. The van der Waals surface area contributed by atoms with Crippen LogP contribution in [0.5, 0.6) is 17.2 Å². The van der Waals surface area contributed by atoms with Crippen LogP contribution in [0.25, 0.3) is 0 Å². The van der Waals surface area contributed by atoms with Crippen molar-refractivity contribution in [2.24, 2.45) is 5.73 Å². The molecule has 0 atom stereocenters. The lowest BCUT2D eigenvalue weighted by atomic mass is 10.2. The number of hydrogen-bond acceptors (Lipinski definition) is 4. The number of nitrogens with zero attached hydrogens (tertiary/aromatic N) is 1. The predicted molar refractivity (Wildman–Crippen MR) is 74.4 cm³/mol. The molecule has 0 saturated carbocycles. The predicted octanol–water partition coefficient (Wildman–Crippen LogP) is 3.12. The molecule has 1 aromatic heterocycles. The molecular formula is C15H18N2O2. The van der Waals surface area contributed by atoms with Crippen molar-refractivity contribution in [3.8, 4) is 17.2 Å². The van der Waals surface area contributed by atoms with E-state index in [1.807, 2.05) is 24.3 Å². The van der Waals surface area contributed by atoms with Gasteiger partial charge in [-0.3, -0.25) is 4.98 Å². The van der Waals surface area contributed by atoms with Gasteiger partial charge in [0.15, 0.2) is 11.5 Å². The zero-order chi connectivity index (χ0) is 13.5. The molecule has 19 heavy (non-hydrogen) atoms. The summed E-state index contributed by atoms with van der Waals surface area (Å²) in [5.74, 6) is 2.14. The van der Waals surface area contributed by atoms with Crippen LogP contribution in [0.15, 0.2) is 42.7 Å².